The molecule has 1 unspecified atom stereocenters. The van der Waals surface area contributed by atoms with Gasteiger partial charge in [0.25, 0.3) is 0 Å². The summed E-state index contributed by atoms with van der Waals surface area (Å²) in [5.41, 5.74) is 2.55. The van der Waals surface area contributed by atoms with Crippen LogP contribution in [0.15, 0.2) is 29.0 Å². The average Bonchev–Trinajstić information content (AvgIpc) is 2.55. The van der Waals surface area contributed by atoms with Crippen LogP contribution in [-0.4, -0.2) is 0 Å². The highest BCUT2D eigenvalue weighted by molar-refractivity contribution is 7.08. The van der Waals surface area contributed by atoms with Gasteiger partial charge in [-0.3, -0.25) is 0 Å². The van der Waals surface area contributed by atoms with Gasteiger partial charge in [-0.25, -0.2) is 0 Å². The Labute approximate surface area is 70.9 Å². The lowest BCUT2D eigenvalue weighted by molar-refractivity contribution is 0.931. The third kappa shape index (κ3) is 1.29. The number of rotatable bonds is 1. The molecule has 1 radical (unpaired) electrons. The fourth-order valence-corrected chi connectivity index (χ4v) is 1.84. The summed E-state index contributed by atoms with van der Waals surface area (Å²) in [6.07, 6.45) is 7.69. The van der Waals surface area contributed by atoms with Crippen LogP contribution in [0.25, 0.3) is 5.57 Å². The second kappa shape index (κ2) is 2.67. The van der Waals surface area contributed by atoms with Crippen LogP contribution in [0.3, 0.4) is 0 Å². The molecule has 1 aromatic heterocycles. The van der Waals surface area contributed by atoms with Crippen molar-refractivity contribution in [1.82, 2.24) is 0 Å². The van der Waals surface area contributed by atoms with Crippen molar-refractivity contribution in [1.29, 1.82) is 0 Å². The second-order valence-electron chi connectivity index (χ2n) is 2.72. The molecule has 1 heterocycles. The average molecular weight is 161 g/mol. The second-order valence-corrected chi connectivity index (χ2v) is 3.50. The Morgan fingerprint density at radius 2 is 2.45 bits per heavy atom. The van der Waals surface area contributed by atoms with Gasteiger partial charge >= 0.3 is 0 Å². The van der Waals surface area contributed by atoms with Gasteiger partial charge in [0.1, 0.15) is 0 Å². The van der Waals surface area contributed by atoms with E-state index in [0.717, 1.165) is 0 Å². The summed E-state index contributed by atoms with van der Waals surface area (Å²) < 4.78 is 0. The quantitative estimate of drug-likeness (QED) is 0.593. The van der Waals surface area contributed by atoms with Crippen LogP contribution in [0.1, 0.15) is 12.5 Å². The van der Waals surface area contributed by atoms with Gasteiger partial charge in [0.2, 0.25) is 0 Å². The maximum Gasteiger partial charge on any atom is 0.000223 e. The Kier molecular flexibility index (Phi) is 1.66. The zero-order chi connectivity index (χ0) is 7.68. The monoisotopic (exact) mass is 161 g/mol. The molecule has 0 amide bonds. The Morgan fingerprint density at radius 3 is 3.00 bits per heavy atom. The van der Waals surface area contributed by atoms with Gasteiger partial charge in [0.15, 0.2) is 0 Å². The third-order valence-corrected chi connectivity index (χ3v) is 2.45. The minimum absolute atomic E-state index is 0.491. The maximum atomic E-state index is 3.37. The first-order valence-electron chi connectivity index (χ1n) is 3.70. The van der Waals surface area contributed by atoms with Gasteiger partial charge in [-0.15, -0.1) is 0 Å². The number of thiophene rings is 1. The van der Waals surface area contributed by atoms with Crippen LogP contribution in [0.4, 0.5) is 0 Å². The summed E-state index contributed by atoms with van der Waals surface area (Å²) in [6.45, 7) is 2.15. The first-order valence-corrected chi connectivity index (χ1v) is 4.65. The van der Waals surface area contributed by atoms with Gasteiger partial charge in [-0.1, -0.05) is 19.1 Å². The van der Waals surface area contributed by atoms with Gasteiger partial charge in [0, 0.05) is 5.92 Å². The molecule has 1 heteroatoms. The smallest absolute Gasteiger partial charge is 0.000223 e. The molecule has 1 atom stereocenters. The van der Waals surface area contributed by atoms with Crippen molar-refractivity contribution in [2.45, 2.75) is 6.92 Å². The zero-order valence-electron chi connectivity index (χ0n) is 6.37. The maximum absolute atomic E-state index is 3.37. The Hall–Kier alpha value is -0.820. The number of hydrogen-bond donors (Lipinski definition) is 0. The number of hydrogen-bond acceptors (Lipinski definition) is 1. The Bertz CT molecular complexity index is 291. The van der Waals surface area contributed by atoms with E-state index in [1.807, 2.05) is 0 Å². The molecule has 11 heavy (non-hydrogen) atoms. The van der Waals surface area contributed by atoms with Crippen molar-refractivity contribution in [3.05, 3.63) is 40.6 Å². The minimum Gasteiger partial charge on any atom is -0.152 e. The highest BCUT2D eigenvalue weighted by Gasteiger charge is 2.06. The molecule has 0 N–H and O–H groups in total. The van der Waals surface area contributed by atoms with E-state index in [-0.39, 0.29) is 0 Å². The third-order valence-electron chi connectivity index (χ3n) is 1.77. The van der Waals surface area contributed by atoms with E-state index in [0.29, 0.717) is 5.92 Å². The molecule has 0 spiro atoms. The van der Waals surface area contributed by atoms with Gasteiger partial charge in [0.05, 0.1) is 0 Å². The summed E-state index contributed by atoms with van der Waals surface area (Å²) in [6, 6.07) is 2.13. The molecule has 0 saturated heterocycles. The molecule has 0 nitrogen and oxygen atoms in total. The van der Waals surface area contributed by atoms with Crippen LogP contribution < -0.4 is 0 Å². The molecule has 0 aromatic carbocycles. The van der Waals surface area contributed by atoms with Crippen molar-refractivity contribution in [3.63, 3.8) is 0 Å². The van der Waals surface area contributed by atoms with Crippen molar-refractivity contribution >= 4 is 16.9 Å². The summed E-state index contributed by atoms with van der Waals surface area (Å²) >= 11 is 1.73. The fraction of sp³-hybridized carbons (Fsp3) is 0.200. The van der Waals surface area contributed by atoms with Gasteiger partial charge < -0.3 is 0 Å². The van der Waals surface area contributed by atoms with Crippen LogP contribution in [-0.2, 0) is 0 Å². The first kappa shape index (κ1) is 6.86. The lowest BCUT2D eigenvalue weighted by Crippen LogP contribution is -1.77. The molecule has 2 rings (SSSR count). The molecular formula is C10H9S. The van der Waals surface area contributed by atoms with Gasteiger partial charge in [-0.05, 0) is 34.0 Å². The minimum atomic E-state index is 0.491. The molecule has 1 aliphatic rings. The Balaban J connectivity index is 2.33. The Morgan fingerprint density at radius 1 is 1.55 bits per heavy atom. The van der Waals surface area contributed by atoms with Crippen molar-refractivity contribution in [2.75, 3.05) is 0 Å². The molecule has 0 fully saturated rings. The molecule has 0 saturated carbocycles. The summed E-state index contributed by atoms with van der Waals surface area (Å²) in [5, 5.41) is 4.26. The molecule has 55 valence electrons. The van der Waals surface area contributed by atoms with E-state index >= 15 is 0 Å². The summed E-state index contributed by atoms with van der Waals surface area (Å²) in [7, 11) is 0. The van der Waals surface area contributed by atoms with Crippen LogP contribution in [0.2, 0.25) is 0 Å². The van der Waals surface area contributed by atoms with Crippen LogP contribution >= 0.6 is 11.3 Å². The predicted molar refractivity (Wildman–Crippen MR) is 49.3 cm³/mol. The normalized spacial score (nSPS) is 22.3. The lowest BCUT2D eigenvalue weighted by Gasteiger charge is -1.91. The fourth-order valence-electron chi connectivity index (χ4n) is 1.18. The van der Waals surface area contributed by atoms with E-state index in [2.05, 4.69) is 42.0 Å². The molecule has 0 bridgehead atoms. The van der Waals surface area contributed by atoms with Crippen LogP contribution in [0.5, 0.6) is 0 Å². The van der Waals surface area contributed by atoms with Gasteiger partial charge in [-0.2, -0.15) is 11.3 Å². The molecule has 1 aromatic rings. The topological polar surface area (TPSA) is 0 Å². The molecule has 1 aliphatic carbocycles. The lowest BCUT2D eigenvalue weighted by atomic mass is 10.1. The first-order chi connectivity index (χ1) is 5.36. The highest BCUT2D eigenvalue weighted by atomic mass is 32.1. The largest absolute Gasteiger partial charge is 0.152 e. The molecular weight excluding hydrogens is 152 g/mol. The van der Waals surface area contributed by atoms with E-state index in [1.165, 1.54) is 11.1 Å². The van der Waals surface area contributed by atoms with E-state index in [9.17, 15) is 0 Å². The summed E-state index contributed by atoms with van der Waals surface area (Å²) in [5.74, 6) is 0.491. The van der Waals surface area contributed by atoms with E-state index < -0.39 is 0 Å². The van der Waals surface area contributed by atoms with Crippen LogP contribution in [0, 0.1) is 12.0 Å². The highest BCUT2D eigenvalue weighted by Crippen LogP contribution is 2.25. The van der Waals surface area contributed by atoms with Crippen molar-refractivity contribution < 1.29 is 0 Å². The van der Waals surface area contributed by atoms with E-state index in [1.54, 1.807) is 11.3 Å². The van der Waals surface area contributed by atoms with E-state index in [4.69, 9.17) is 0 Å². The SMILES string of the molecule is CC1[C]=C(c2ccsc2)C=C1. The van der Waals surface area contributed by atoms with Crippen molar-refractivity contribution in [2.24, 2.45) is 5.92 Å². The standard InChI is InChI=1S/C10H9S/c1-8-2-3-9(6-8)10-4-5-11-7-10/h2-5,7-8H,1H3. The predicted octanol–water partition coefficient (Wildman–Crippen LogP) is 3.14. The summed E-state index contributed by atoms with van der Waals surface area (Å²) in [4.78, 5) is 0. The number of allylic oxidation sites excluding steroid dienone is 4. The zero-order valence-corrected chi connectivity index (χ0v) is 7.19. The molecule has 0 aliphatic heterocycles. The van der Waals surface area contributed by atoms with Crippen molar-refractivity contribution in [3.8, 4) is 0 Å².